The zero-order chi connectivity index (χ0) is 10.2. The minimum Gasteiger partial charge on any atom is -0.505 e. The van der Waals surface area contributed by atoms with E-state index in [1.165, 1.54) is 6.92 Å². The number of benzene rings is 1. The molecule has 1 aromatic carbocycles. The third-order valence-electron chi connectivity index (χ3n) is 1.58. The predicted octanol–water partition coefficient (Wildman–Crippen LogP) is 2.86. The van der Waals surface area contributed by atoms with Crippen LogP contribution >= 0.6 is 0 Å². The first-order valence-electron chi connectivity index (χ1n) is 3.38. The Morgan fingerprint density at radius 3 is 2.15 bits per heavy atom. The third kappa shape index (κ3) is 1.91. The summed E-state index contributed by atoms with van der Waals surface area (Å²) in [5.41, 5.74) is -1.23. The molecule has 0 heterocycles. The summed E-state index contributed by atoms with van der Waals surface area (Å²) in [6, 6.07) is 0.959. The number of aromatic hydroxyl groups is 1. The van der Waals surface area contributed by atoms with Gasteiger partial charge in [0.1, 0.15) is 0 Å². The maximum atomic E-state index is 12.6. The van der Waals surface area contributed by atoms with Crippen molar-refractivity contribution in [1.29, 1.82) is 0 Å². The summed E-state index contributed by atoms with van der Waals surface area (Å²) < 4.78 is 48.7. The van der Waals surface area contributed by atoms with Crippen molar-refractivity contribution < 1.29 is 22.7 Å². The molecule has 0 radical (unpaired) electrons. The fourth-order valence-corrected chi connectivity index (χ4v) is 0.900. The van der Waals surface area contributed by atoms with Gasteiger partial charge >= 0.3 is 6.18 Å². The second-order valence-corrected chi connectivity index (χ2v) is 2.62. The molecular weight excluding hydrogens is 188 g/mol. The molecule has 1 aromatic rings. The molecule has 72 valence electrons. The average molecular weight is 194 g/mol. The highest BCUT2D eigenvalue weighted by Crippen LogP contribution is 2.33. The van der Waals surface area contributed by atoms with Crippen molar-refractivity contribution in [1.82, 2.24) is 0 Å². The second-order valence-electron chi connectivity index (χ2n) is 2.62. The number of hydrogen-bond acceptors (Lipinski definition) is 1. The van der Waals surface area contributed by atoms with Crippen molar-refractivity contribution in [2.24, 2.45) is 0 Å². The molecule has 1 nitrogen and oxygen atoms in total. The van der Waals surface area contributed by atoms with Crippen molar-refractivity contribution in [3.8, 4) is 5.75 Å². The van der Waals surface area contributed by atoms with Gasteiger partial charge in [0.05, 0.1) is 5.56 Å². The molecule has 0 saturated carbocycles. The molecule has 5 heteroatoms. The van der Waals surface area contributed by atoms with E-state index in [4.69, 9.17) is 5.11 Å². The van der Waals surface area contributed by atoms with Gasteiger partial charge in [-0.3, -0.25) is 0 Å². The van der Waals surface area contributed by atoms with Gasteiger partial charge in [0, 0.05) is 0 Å². The topological polar surface area (TPSA) is 20.2 Å². The van der Waals surface area contributed by atoms with Crippen LogP contribution in [0.25, 0.3) is 0 Å². The monoisotopic (exact) mass is 194 g/mol. The SMILES string of the molecule is Cc1cc(C(F)(F)F)cc(F)c1O. The normalized spacial score (nSPS) is 11.8. The Morgan fingerprint density at radius 2 is 1.77 bits per heavy atom. The molecular formula is C8H6F4O. The van der Waals surface area contributed by atoms with Crippen LogP contribution < -0.4 is 0 Å². The Hall–Kier alpha value is -1.26. The summed E-state index contributed by atoms with van der Waals surface area (Å²) in [5.74, 6) is -2.00. The van der Waals surface area contributed by atoms with Gasteiger partial charge in [-0.25, -0.2) is 4.39 Å². The molecule has 0 bridgehead atoms. The first kappa shape index (κ1) is 9.83. The molecule has 0 fully saturated rings. The van der Waals surface area contributed by atoms with Crippen LogP contribution in [0.2, 0.25) is 0 Å². The molecule has 0 aliphatic rings. The maximum absolute atomic E-state index is 12.6. The van der Waals surface area contributed by atoms with Gasteiger partial charge in [0.2, 0.25) is 0 Å². The van der Waals surface area contributed by atoms with E-state index < -0.39 is 23.3 Å². The molecule has 0 aliphatic carbocycles. The third-order valence-corrected chi connectivity index (χ3v) is 1.58. The molecule has 0 aromatic heterocycles. The van der Waals surface area contributed by atoms with Crippen LogP contribution in [0.15, 0.2) is 12.1 Å². The van der Waals surface area contributed by atoms with Crippen molar-refractivity contribution in [2.45, 2.75) is 13.1 Å². The quantitative estimate of drug-likeness (QED) is 0.629. The van der Waals surface area contributed by atoms with E-state index >= 15 is 0 Å². The van der Waals surface area contributed by atoms with Crippen molar-refractivity contribution in [3.63, 3.8) is 0 Å². The number of halogens is 4. The number of alkyl halides is 3. The van der Waals surface area contributed by atoms with Crippen molar-refractivity contribution in [2.75, 3.05) is 0 Å². The fourth-order valence-electron chi connectivity index (χ4n) is 0.900. The fraction of sp³-hybridized carbons (Fsp3) is 0.250. The average Bonchev–Trinajstić information content (AvgIpc) is 1.97. The summed E-state index contributed by atoms with van der Waals surface area (Å²) in [7, 11) is 0. The van der Waals surface area contributed by atoms with Crippen LogP contribution in [0, 0.1) is 12.7 Å². The number of hydrogen-bond donors (Lipinski definition) is 1. The van der Waals surface area contributed by atoms with Gasteiger partial charge in [-0.2, -0.15) is 13.2 Å². The Labute approximate surface area is 71.6 Å². The van der Waals surface area contributed by atoms with Crippen LogP contribution in [0.4, 0.5) is 17.6 Å². The molecule has 0 spiro atoms. The molecule has 0 unspecified atom stereocenters. The highest BCUT2D eigenvalue weighted by Gasteiger charge is 2.31. The van der Waals surface area contributed by atoms with E-state index in [0.717, 1.165) is 0 Å². The molecule has 0 aliphatic heterocycles. The van der Waals surface area contributed by atoms with Gasteiger partial charge in [0.25, 0.3) is 0 Å². The van der Waals surface area contributed by atoms with Gasteiger partial charge < -0.3 is 5.11 Å². The van der Waals surface area contributed by atoms with E-state index in [1.54, 1.807) is 0 Å². The zero-order valence-electron chi connectivity index (χ0n) is 6.61. The molecule has 0 amide bonds. The lowest BCUT2D eigenvalue weighted by molar-refractivity contribution is -0.137. The summed E-state index contributed by atoms with van der Waals surface area (Å²) in [6.07, 6.45) is -4.58. The molecule has 0 atom stereocenters. The van der Waals surface area contributed by atoms with Gasteiger partial charge in [0.15, 0.2) is 11.6 Å². The van der Waals surface area contributed by atoms with Crippen LogP contribution in [0.5, 0.6) is 5.75 Å². The molecule has 13 heavy (non-hydrogen) atoms. The van der Waals surface area contributed by atoms with E-state index in [0.29, 0.717) is 6.07 Å². The second kappa shape index (κ2) is 2.90. The van der Waals surface area contributed by atoms with Gasteiger partial charge in [-0.1, -0.05) is 0 Å². The van der Waals surface area contributed by atoms with Gasteiger partial charge in [-0.15, -0.1) is 0 Å². The Kier molecular flexibility index (Phi) is 2.19. The van der Waals surface area contributed by atoms with Crippen molar-refractivity contribution >= 4 is 0 Å². The number of rotatable bonds is 0. The lowest BCUT2D eigenvalue weighted by Gasteiger charge is -2.08. The van der Waals surface area contributed by atoms with E-state index in [1.807, 2.05) is 0 Å². The van der Waals surface area contributed by atoms with Gasteiger partial charge in [-0.05, 0) is 24.6 Å². The Morgan fingerprint density at radius 1 is 1.23 bits per heavy atom. The Balaban J connectivity index is 3.29. The largest absolute Gasteiger partial charge is 0.505 e. The standard InChI is InChI=1S/C8H6F4O/c1-4-2-5(8(10,11)12)3-6(9)7(4)13/h2-3,13H,1H3. The highest BCUT2D eigenvalue weighted by molar-refractivity contribution is 5.37. The minimum atomic E-state index is -4.58. The smallest absolute Gasteiger partial charge is 0.416 e. The first-order valence-corrected chi connectivity index (χ1v) is 3.38. The van der Waals surface area contributed by atoms with Crippen LogP contribution in [0.1, 0.15) is 11.1 Å². The van der Waals surface area contributed by atoms with Crippen LogP contribution in [0.3, 0.4) is 0 Å². The van der Waals surface area contributed by atoms with Crippen molar-refractivity contribution in [3.05, 3.63) is 29.1 Å². The molecule has 0 saturated heterocycles. The minimum absolute atomic E-state index is 0.132. The maximum Gasteiger partial charge on any atom is 0.416 e. The van der Waals surface area contributed by atoms with E-state index in [2.05, 4.69) is 0 Å². The number of phenolic OH excluding ortho intramolecular Hbond substituents is 1. The zero-order valence-corrected chi connectivity index (χ0v) is 6.61. The lowest BCUT2D eigenvalue weighted by Crippen LogP contribution is -2.05. The van der Waals surface area contributed by atoms with Crippen LogP contribution in [-0.2, 0) is 6.18 Å². The number of aryl methyl sites for hydroxylation is 1. The highest BCUT2D eigenvalue weighted by atomic mass is 19.4. The number of phenols is 1. The summed E-state index contributed by atoms with van der Waals surface area (Å²) in [5, 5.41) is 8.85. The Bertz CT molecular complexity index is 306. The predicted molar refractivity (Wildman–Crippen MR) is 37.8 cm³/mol. The lowest BCUT2D eigenvalue weighted by atomic mass is 10.1. The van der Waals surface area contributed by atoms with Crippen LogP contribution in [-0.4, -0.2) is 5.11 Å². The first-order chi connectivity index (χ1) is 5.82. The summed E-state index contributed by atoms with van der Waals surface area (Å²) >= 11 is 0. The molecule has 1 N–H and O–H groups in total. The van der Waals surface area contributed by atoms with E-state index in [9.17, 15) is 17.6 Å². The summed E-state index contributed by atoms with van der Waals surface area (Å²) in [6.45, 7) is 1.20. The molecule has 1 rings (SSSR count). The summed E-state index contributed by atoms with van der Waals surface area (Å²) in [4.78, 5) is 0. The van der Waals surface area contributed by atoms with E-state index in [-0.39, 0.29) is 11.6 Å².